The van der Waals surface area contributed by atoms with Gasteiger partial charge in [0.25, 0.3) is 11.5 Å². The molecule has 1 aliphatic rings. The molecule has 4 rings (SSSR count). The quantitative estimate of drug-likeness (QED) is 0.698. The first-order valence-corrected chi connectivity index (χ1v) is 10.5. The van der Waals surface area contributed by atoms with Crippen molar-refractivity contribution >= 4 is 16.8 Å². The highest BCUT2D eigenvalue weighted by molar-refractivity contribution is 5.94. The van der Waals surface area contributed by atoms with Crippen molar-refractivity contribution in [1.29, 1.82) is 0 Å². The molecule has 156 valence electrons. The minimum Gasteiger partial charge on any atom is -0.327 e. The van der Waals surface area contributed by atoms with Crippen LogP contribution >= 0.6 is 0 Å². The lowest BCUT2D eigenvalue weighted by Crippen LogP contribution is -3.13. The highest BCUT2D eigenvalue weighted by Crippen LogP contribution is 2.22. The van der Waals surface area contributed by atoms with Crippen LogP contribution in [0.4, 0.5) is 0 Å². The molecule has 1 amide bonds. The molecule has 6 heteroatoms. The number of aromatic nitrogens is 2. The number of para-hydroxylation sites is 1. The maximum Gasteiger partial charge on any atom is 0.258 e. The first-order valence-electron chi connectivity index (χ1n) is 10.5. The molecule has 0 aliphatic carbocycles. The average Bonchev–Trinajstić information content (AvgIpc) is 2.73. The van der Waals surface area contributed by atoms with Gasteiger partial charge in [0, 0.05) is 5.56 Å². The summed E-state index contributed by atoms with van der Waals surface area (Å²) in [4.78, 5) is 35.9. The minimum absolute atomic E-state index is 0.0777. The number of carbonyl (C=O) groups excluding carboxylic acids is 1. The van der Waals surface area contributed by atoms with Crippen molar-refractivity contribution in [3.63, 3.8) is 0 Å². The van der Waals surface area contributed by atoms with Crippen molar-refractivity contribution in [2.45, 2.75) is 32.7 Å². The van der Waals surface area contributed by atoms with Crippen molar-refractivity contribution in [3.8, 4) is 0 Å². The Balaban J connectivity index is 1.38. The Kier molecular flexibility index (Phi) is 5.43. The minimum atomic E-state index is -0.0949. The molecule has 2 N–H and O–H groups in total. The van der Waals surface area contributed by atoms with Crippen molar-refractivity contribution < 1.29 is 9.69 Å². The van der Waals surface area contributed by atoms with Gasteiger partial charge in [0.15, 0.2) is 5.82 Å². The number of hydrogen-bond acceptors (Lipinski definition) is 3. The SMILES string of the molecule is CC(C)(C)c1ccc(C(=O)N2CC[NH+](Cc3nc4ccccc4c(=O)[nH]3)CC2)cc1. The second-order valence-electron chi connectivity index (χ2n) is 9.08. The van der Waals surface area contributed by atoms with Gasteiger partial charge in [-0.05, 0) is 35.2 Å². The van der Waals surface area contributed by atoms with Crippen LogP contribution in [-0.4, -0.2) is 47.0 Å². The second kappa shape index (κ2) is 8.03. The highest BCUT2D eigenvalue weighted by atomic mass is 16.2. The van der Waals surface area contributed by atoms with Crippen molar-refractivity contribution in [2.24, 2.45) is 0 Å². The molecule has 6 nitrogen and oxygen atoms in total. The third-order valence-corrected chi connectivity index (χ3v) is 5.83. The van der Waals surface area contributed by atoms with Gasteiger partial charge < -0.3 is 14.8 Å². The number of amides is 1. The molecule has 1 saturated heterocycles. The summed E-state index contributed by atoms with van der Waals surface area (Å²) < 4.78 is 0. The highest BCUT2D eigenvalue weighted by Gasteiger charge is 2.25. The number of nitrogens with one attached hydrogen (secondary N) is 2. The summed E-state index contributed by atoms with van der Waals surface area (Å²) in [7, 11) is 0. The topological polar surface area (TPSA) is 70.5 Å². The van der Waals surface area contributed by atoms with Crippen LogP contribution < -0.4 is 10.5 Å². The van der Waals surface area contributed by atoms with Gasteiger partial charge in [-0.3, -0.25) is 9.59 Å². The number of carbonyl (C=O) groups is 1. The van der Waals surface area contributed by atoms with Crippen LogP contribution in [0, 0.1) is 0 Å². The molecule has 0 spiro atoms. The van der Waals surface area contributed by atoms with Crippen molar-refractivity contribution in [3.05, 3.63) is 75.8 Å². The third-order valence-electron chi connectivity index (χ3n) is 5.83. The maximum absolute atomic E-state index is 12.9. The summed E-state index contributed by atoms with van der Waals surface area (Å²) >= 11 is 0. The molecule has 0 radical (unpaired) electrons. The number of piperazine rings is 1. The van der Waals surface area contributed by atoms with E-state index in [2.05, 4.69) is 42.9 Å². The number of rotatable bonds is 3. The molecular formula is C24H29N4O2+. The monoisotopic (exact) mass is 405 g/mol. The number of H-pyrrole nitrogens is 1. The predicted molar refractivity (Wildman–Crippen MR) is 118 cm³/mol. The molecule has 30 heavy (non-hydrogen) atoms. The van der Waals surface area contributed by atoms with E-state index in [4.69, 9.17) is 0 Å². The van der Waals surface area contributed by atoms with Gasteiger partial charge in [-0.1, -0.05) is 45.0 Å². The fourth-order valence-corrected chi connectivity index (χ4v) is 3.95. The lowest BCUT2D eigenvalue weighted by atomic mass is 9.86. The van der Waals surface area contributed by atoms with Gasteiger partial charge in [0.05, 0.1) is 37.1 Å². The van der Waals surface area contributed by atoms with Crippen LogP contribution in [0.3, 0.4) is 0 Å². The molecule has 2 heterocycles. The number of hydrogen-bond donors (Lipinski definition) is 2. The number of fused-ring (bicyclic) bond motifs is 1. The molecule has 0 atom stereocenters. The molecule has 1 fully saturated rings. The standard InChI is InChI=1S/C24H28N4O2/c1-24(2,3)18-10-8-17(9-11-18)23(30)28-14-12-27(13-15-28)16-21-25-20-7-5-4-6-19(20)22(29)26-21/h4-11H,12-16H2,1-3H3,(H,25,26,29)/p+1. The van der Waals surface area contributed by atoms with Gasteiger partial charge in [-0.25, -0.2) is 4.98 Å². The molecule has 1 aromatic heterocycles. The number of quaternary nitrogens is 1. The first-order chi connectivity index (χ1) is 14.3. The first kappa shape index (κ1) is 20.3. The summed E-state index contributed by atoms with van der Waals surface area (Å²) in [6.07, 6.45) is 0. The average molecular weight is 406 g/mol. The summed E-state index contributed by atoms with van der Waals surface area (Å²) in [5.74, 6) is 0.790. The molecule has 0 saturated carbocycles. The molecular weight excluding hydrogens is 376 g/mol. The van der Waals surface area contributed by atoms with Gasteiger partial charge in [-0.2, -0.15) is 0 Å². The molecule has 3 aromatic rings. The lowest BCUT2D eigenvalue weighted by Gasteiger charge is -2.32. The fourth-order valence-electron chi connectivity index (χ4n) is 3.95. The van der Waals surface area contributed by atoms with Crippen molar-refractivity contribution in [2.75, 3.05) is 26.2 Å². The van der Waals surface area contributed by atoms with Crippen molar-refractivity contribution in [1.82, 2.24) is 14.9 Å². The molecule has 2 aromatic carbocycles. The normalized spacial score (nSPS) is 15.5. The Bertz CT molecular complexity index is 1100. The summed E-state index contributed by atoms with van der Waals surface area (Å²) in [6.45, 7) is 10.2. The lowest BCUT2D eigenvalue weighted by molar-refractivity contribution is -0.918. The van der Waals surface area contributed by atoms with Gasteiger partial charge >= 0.3 is 0 Å². The Hall–Kier alpha value is -2.99. The van der Waals surface area contributed by atoms with E-state index in [-0.39, 0.29) is 16.9 Å². The largest absolute Gasteiger partial charge is 0.327 e. The smallest absolute Gasteiger partial charge is 0.258 e. The van der Waals surface area contributed by atoms with E-state index in [0.29, 0.717) is 30.8 Å². The van der Waals surface area contributed by atoms with E-state index >= 15 is 0 Å². The zero-order valence-electron chi connectivity index (χ0n) is 17.9. The Morgan fingerprint density at radius 1 is 1.07 bits per heavy atom. The zero-order valence-corrected chi connectivity index (χ0v) is 17.9. The summed E-state index contributed by atoms with van der Waals surface area (Å²) in [6, 6.07) is 15.4. The fraction of sp³-hybridized carbons (Fsp3) is 0.375. The van der Waals surface area contributed by atoms with Crippen LogP contribution in [0.2, 0.25) is 0 Å². The van der Waals surface area contributed by atoms with E-state index in [1.54, 1.807) is 6.07 Å². The van der Waals surface area contributed by atoms with E-state index < -0.39 is 0 Å². The predicted octanol–water partition coefficient (Wildman–Crippen LogP) is 1.76. The van der Waals surface area contributed by atoms with E-state index in [1.165, 1.54) is 10.5 Å². The van der Waals surface area contributed by atoms with Crippen LogP contribution in [0.5, 0.6) is 0 Å². The Morgan fingerprint density at radius 3 is 2.40 bits per heavy atom. The van der Waals surface area contributed by atoms with E-state index in [9.17, 15) is 9.59 Å². The maximum atomic E-state index is 12.9. The van der Waals surface area contributed by atoms with Crippen LogP contribution in [0.25, 0.3) is 10.9 Å². The van der Waals surface area contributed by atoms with E-state index in [1.807, 2.05) is 35.2 Å². The molecule has 0 unspecified atom stereocenters. The Morgan fingerprint density at radius 2 is 1.73 bits per heavy atom. The zero-order chi connectivity index (χ0) is 21.3. The molecule has 1 aliphatic heterocycles. The van der Waals surface area contributed by atoms with Gasteiger partial charge in [0.2, 0.25) is 0 Å². The third kappa shape index (κ3) is 4.28. The van der Waals surface area contributed by atoms with E-state index in [0.717, 1.165) is 24.2 Å². The number of aromatic amines is 1. The van der Waals surface area contributed by atoms with Gasteiger partial charge in [-0.15, -0.1) is 0 Å². The number of benzene rings is 2. The van der Waals surface area contributed by atoms with Gasteiger partial charge in [0.1, 0.15) is 6.54 Å². The summed E-state index contributed by atoms with van der Waals surface area (Å²) in [5, 5.41) is 0.615. The van der Waals surface area contributed by atoms with Crippen LogP contribution in [0.1, 0.15) is 42.5 Å². The Labute approximate surface area is 176 Å². The van der Waals surface area contributed by atoms with Crippen LogP contribution in [0.15, 0.2) is 53.3 Å². The second-order valence-corrected chi connectivity index (χ2v) is 9.08. The van der Waals surface area contributed by atoms with Crippen LogP contribution in [-0.2, 0) is 12.0 Å². The molecule has 0 bridgehead atoms. The summed E-state index contributed by atoms with van der Waals surface area (Å²) in [5.41, 5.74) is 2.68. The number of nitrogens with zero attached hydrogens (tertiary/aromatic N) is 2.